The summed E-state index contributed by atoms with van der Waals surface area (Å²) in [6, 6.07) is 9.70. The van der Waals surface area contributed by atoms with Crippen molar-refractivity contribution in [2.24, 2.45) is 0 Å². The first-order valence-electron chi connectivity index (χ1n) is 6.57. The molecule has 0 amide bonds. The molecule has 0 unspecified atom stereocenters. The topological polar surface area (TPSA) is 55.4 Å². The minimum Gasteiger partial charge on any atom is -0.454 e. The number of thiocarbonyl (C=S) groups is 1. The van der Waals surface area contributed by atoms with Gasteiger partial charge in [-0.25, -0.2) is 4.98 Å². The molecule has 0 saturated heterocycles. The van der Waals surface area contributed by atoms with Gasteiger partial charge in [0.25, 0.3) is 0 Å². The van der Waals surface area contributed by atoms with Gasteiger partial charge < -0.3 is 20.1 Å². The Morgan fingerprint density at radius 1 is 1.24 bits per heavy atom. The van der Waals surface area contributed by atoms with Gasteiger partial charge in [0.15, 0.2) is 16.6 Å². The highest BCUT2D eigenvalue weighted by Crippen LogP contribution is 2.32. The lowest BCUT2D eigenvalue weighted by Gasteiger charge is -2.10. The summed E-state index contributed by atoms with van der Waals surface area (Å²) >= 11 is 5.25. The molecule has 0 saturated carbocycles. The van der Waals surface area contributed by atoms with Crippen LogP contribution in [0.2, 0.25) is 0 Å². The summed E-state index contributed by atoms with van der Waals surface area (Å²) < 4.78 is 10.6. The van der Waals surface area contributed by atoms with Crippen LogP contribution in [-0.2, 0) is 6.54 Å². The molecule has 21 heavy (non-hydrogen) atoms. The Hall–Kier alpha value is -2.34. The monoisotopic (exact) mass is 301 g/mol. The van der Waals surface area contributed by atoms with E-state index in [0.29, 0.717) is 11.7 Å². The normalized spacial score (nSPS) is 12.0. The summed E-state index contributed by atoms with van der Waals surface area (Å²) in [6.45, 7) is 2.88. The molecule has 1 aliphatic rings. The number of anilines is 1. The number of fused-ring (bicyclic) bond motifs is 1. The Morgan fingerprint density at radius 3 is 2.90 bits per heavy atom. The van der Waals surface area contributed by atoms with Gasteiger partial charge in [0.2, 0.25) is 6.79 Å². The predicted octanol–water partition coefficient (Wildman–Crippen LogP) is 2.61. The lowest BCUT2D eigenvalue weighted by atomic mass is 10.2. The Morgan fingerprint density at radius 2 is 2.10 bits per heavy atom. The molecule has 0 bridgehead atoms. The molecule has 1 aromatic carbocycles. The van der Waals surface area contributed by atoms with Crippen LogP contribution in [0.4, 0.5) is 5.82 Å². The SMILES string of the molecule is Cc1ccc(NC(=S)NCc2ccc3c(c2)OCO3)nc1. The summed E-state index contributed by atoms with van der Waals surface area (Å²) in [4.78, 5) is 4.25. The third kappa shape index (κ3) is 3.41. The van der Waals surface area contributed by atoms with Crippen LogP contribution >= 0.6 is 12.2 Å². The lowest BCUT2D eigenvalue weighted by molar-refractivity contribution is 0.174. The zero-order valence-electron chi connectivity index (χ0n) is 11.6. The van der Waals surface area contributed by atoms with E-state index >= 15 is 0 Å². The van der Waals surface area contributed by atoms with E-state index in [-0.39, 0.29) is 6.79 Å². The molecule has 1 aromatic heterocycles. The van der Waals surface area contributed by atoms with E-state index in [4.69, 9.17) is 21.7 Å². The molecule has 0 spiro atoms. The zero-order valence-corrected chi connectivity index (χ0v) is 12.4. The first-order valence-corrected chi connectivity index (χ1v) is 6.97. The second-order valence-corrected chi connectivity index (χ2v) is 5.12. The van der Waals surface area contributed by atoms with Crippen LogP contribution in [0.25, 0.3) is 0 Å². The van der Waals surface area contributed by atoms with Crippen molar-refractivity contribution in [2.45, 2.75) is 13.5 Å². The van der Waals surface area contributed by atoms with Crippen molar-refractivity contribution in [3.05, 3.63) is 47.7 Å². The minimum atomic E-state index is 0.283. The average molecular weight is 301 g/mol. The zero-order chi connectivity index (χ0) is 14.7. The third-order valence-corrected chi connectivity index (χ3v) is 3.29. The number of pyridine rings is 1. The fraction of sp³-hybridized carbons (Fsp3) is 0.200. The highest BCUT2D eigenvalue weighted by molar-refractivity contribution is 7.80. The van der Waals surface area contributed by atoms with E-state index in [9.17, 15) is 0 Å². The molecule has 0 fully saturated rings. The van der Waals surface area contributed by atoms with E-state index in [1.807, 2.05) is 37.3 Å². The van der Waals surface area contributed by atoms with Crippen LogP contribution in [0.5, 0.6) is 11.5 Å². The molecule has 6 heteroatoms. The molecule has 2 N–H and O–H groups in total. The van der Waals surface area contributed by atoms with Gasteiger partial charge in [-0.05, 0) is 48.5 Å². The van der Waals surface area contributed by atoms with E-state index < -0.39 is 0 Å². The maximum atomic E-state index is 5.34. The molecule has 0 atom stereocenters. The van der Waals surface area contributed by atoms with Gasteiger partial charge in [0.05, 0.1) is 0 Å². The van der Waals surface area contributed by atoms with Gasteiger partial charge in [-0.1, -0.05) is 12.1 Å². The lowest BCUT2D eigenvalue weighted by Crippen LogP contribution is -2.28. The maximum Gasteiger partial charge on any atom is 0.231 e. The smallest absolute Gasteiger partial charge is 0.231 e. The molecule has 2 heterocycles. The molecular formula is C15H15N3O2S. The molecule has 0 aliphatic carbocycles. The van der Waals surface area contributed by atoms with Gasteiger partial charge in [0, 0.05) is 12.7 Å². The second kappa shape index (κ2) is 5.97. The van der Waals surface area contributed by atoms with Gasteiger partial charge in [-0.3, -0.25) is 0 Å². The van der Waals surface area contributed by atoms with Gasteiger partial charge in [0.1, 0.15) is 5.82 Å². The number of aryl methyl sites for hydroxylation is 1. The number of aromatic nitrogens is 1. The first kappa shape index (κ1) is 13.6. The van der Waals surface area contributed by atoms with Crippen molar-refractivity contribution in [3.8, 4) is 11.5 Å². The largest absolute Gasteiger partial charge is 0.454 e. The Labute approximate surface area is 128 Å². The molecule has 2 aromatic rings. The van der Waals surface area contributed by atoms with Gasteiger partial charge in [-0.15, -0.1) is 0 Å². The molecule has 3 rings (SSSR count). The standard InChI is InChI=1S/C15H15N3O2S/c1-10-2-5-14(16-7-10)18-15(21)17-8-11-3-4-12-13(6-11)20-9-19-12/h2-7H,8-9H2,1H3,(H2,16,17,18,21). The van der Waals surface area contributed by atoms with E-state index in [1.54, 1.807) is 6.20 Å². The van der Waals surface area contributed by atoms with Gasteiger partial charge in [-0.2, -0.15) is 0 Å². The molecule has 1 aliphatic heterocycles. The number of nitrogens with one attached hydrogen (secondary N) is 2. The van der Waals surface area contributed by atoms with Crippen molar-refractivity contribution in [1.82, 2.24) is 10.3 Å². The summed E-state index contributed by atoms with van der Waals surface area (Å²) in [6.07, 6.45) is 1.79. The quantitative estimate of drug-likeness (QED) is 0.850. The fourth-order valence-electron chi connectivity index (χ4n) is 1.94. The summed E-state index contributed by atoms with van der Waals surface area (Å²) in [5.41, 5.74) is 2.18. The summed E-state index contributed by atoms with van der Waals surface area (Å²) in [5, 5.41) is 6.71. The molecule has 108 valence electrons. The van der Waals surface area contributed by atoms with Crippen LogP contribution in [0.15, 0.2) is 36.5 Å². The number of benzene rings is 1. The highest BCUT2D eigenvalue weighted by atomic mass is 32.1. The summed E-state index contributed by atoms with van der Waals surface area (Å²) in [7, 11) is 0. The molecule has 5 nitrogen and oxygen atoms in total. The summed E-state index contributed by atoms with van der Waals surface area (Å²) in [5.74, 6) is 2.28. The minimum absolute atomic E-state index is 0.283. The van der Waals surface area contributed by atoms with E-state index in [1.165, 1.54) is 0 Å². The highest BCUT2D eigenvalue weighted by Gasteiger charge is 2.13. The van der Waals surface area contributed by atoms with E-state index in [0.717, 1.165) is 28.4 Å². The number of rotatable bonds is 3. The van der Waals surface area contributed by atoms with Crippen molar-refractivity contribution >= 4 is 23.1 Å². The predicted molar refractivity (Wildman–Crippen MR) is 84.6 cm³/mol. The number of hydrogen-bond donors (Lipinski definition) is 2. The van der Waals surface area contributed by atoms with E-state index in [2.05, 4.69) is 15.6 Å². The Bertz CT molecular complexity index is 658. The number of nitrogens with zero attached hydrogens (tertiary/aromatic N) is 1. The fourth-order valence-corrected chi connectivity index (χ4v) is 2.11. The van der Waals surface area contributed by atoms with Crippen molar-refractivity contribution in [2.75, 3.05) is 12.1 Å². The van der Waals surface area contributed by atoms with Crippen molar-refractivity contribution in [1.29, 1.82) is 0 Å². The van der Waals surface area contributed by atoms with Gasteiger partial charge >= 0.3 is 0 Å². The molecule has 0 radical (unpaired) electrons. The maximum absolute atomic E-state index is 5.34. The third-order valence-electron chi connectivity index (χ3n) is 3.04. The Kier molecular flexibility index (Phi) is 3.87. The van der Waals surface area contributed by atoms with Crippen molar-refractivity contribution in [3.63, 3.8) is 0 Å². The first-order chi connectivity index (χ1) is 10.2. The number of hydrogen-bond acceptors (Lipinski definition) is 4. The molecular weight excluding hydrogens is 286 g/mol. The van der Waals surface area contributed by atoms with Crippen LogP contribution in [0.3, 0.4) is 0 Å². The second-order valence-electron chi connectivity index (χ2n) is 4.72. The Balaban J connectivity index is 1.55. The van der Waals surface area contributed by atoms with Crippen LogP contribution in [0, 0.1) is 6.92 Å². The number of ether oxygens (including phenoxy) is 2. The van der Waals surface area contributed by atoms with Crippen LogP contribution in [-0.4, -0.2) is 16.9 Å². The van der Waals surface area contributed by atoms with Crippen LogP contribution < -0.4 is 20.1 Å². The average Bonchev–Trinajstić information content (AvgIpc) is 2.95. The van der Waals surface area contributed by atoms with Crippen LogP contribution in [0.1, 0.15) is 11.1 Å². The van der Waals surface area contributed by atoms with Crippen molar-refractivity contribution < 1.29 is 9.47 Å².